The Hall–Kier alpha value is -1.53. The zero-order valence-electron chi connectivity index (χ0n) is 9.43. The third-order valence-electron chi connectivity index (χ3n) is 2.52. The van der Waals surface area contributed by atoms with Crippen molar-refractivity contribution in [2.45, 2.75) is 26.2 Å². The summed E-state index contributed by atoms with van der Waals surface area (Å²) >= 11 is 6.32. The predicted octanol–water partition coefficient (Wildman–Crippen LogP) is 3.39. The van der Waals surface area contributed by atoms with Gasteiger partial charge < -0.3 is 4.98 Å². The van der Waals surface area contributed by atoms with Crippen molar-refractivity contribution in [1.82, 2.24) is 9.97 Å². The first-order valence-corrected chi connectivity index (χ1v) is 5.39. The summed E-state index contributed by atoms with van der Waals surface area (Å²) in [5, 5.41) is 9.73. The molecule has 2 aromatic rings. The molecule has 0 aliphatic rings. The maximum Gasteiger partial charge on any atom is 0.107 e. The first-order valence-electron chi connectivity index (χ1n) is 5.01. The van der Waals surface area contributed by atoms with Crippen LogP contribution in [-0.2, 0) is 5.41 Å². The Morgan fingerprint density at radius 3 is 2.69 bits per heavy atom. The summed E-state index contributed by atoms with van der Waals surface area (Å²) in [5.74, 6) is 0. The van der Waals surface area contributed by atoms with E-state index in [0.29, 0.717) is 10.6 Å². The van der Waals surface area contributed by atoms with Gasteiger partial charge in [0.2, 0.25) is 0 Å². The van der Waals surface area contributed by atoms with Crippen LogP contribution in [0.15, 0.2) is 12.4 Å². The monoisotopic (exact) mass is 233 g/mol. The highest BCUT2D eigenvalue weighted by molar-refractivity contribution is 6.36. The number of fused-ring (bicyclic) bond motifs is 1. The van der Waals surface area contributed by atoms with Crippen LogP contribution in [0.5, 0.6) is 0 Å². The van der Waals surface area contributed by atoms with E-state index in [2.05, 4.69) is 16.0 Å². The summed E-state index contributed by atoms with van der Waals surface area (Å²) in [4.78, 5) is 7.14. The summed E-state index contributed by atoms with van der Waals surface area (Å²) in [6.45, 7) is 6.11. The van der Waals surface area contributed by atoms with Gasteiger partial charge in [-0.05, 0) is 17.0 Å². The van der Waals surface area contributed by atoms with E-state index in [4.69, 9.17) is 16.9 Å². The molecule has 0 saturated heterocycles. The van der Waals surface area contributed by atoms with Crippen molar-refractivity contribution in [2.24, 2.45) is 0 Å². The summed E-state index contributed by atoms with van der Waals surface area (Å²) in [5.41, 5.74) is 2.82. The number of nitrogens with one attached hydrogen (secondary N) is 1. The van der Waals surface area contributed by atoms with Crippen LogP contribution in [0.3, 0.4) is 0 Å². The quantitative estimate of drug-likeness (QED) is 0.758. The van der Waals surface area contributed by atoms with Gasteiger partial charge in [0.15, 0.2) is 0 Å². The van der Waals surface area contributed by atoms with E-state index in [0.717, 1.165) is 16.6 Å². The van der Waals surface area contributed by atoms with Crippen LogP contribution >= 0.6 is 11.6 Å². The van der Waals surface area contributed by atoms with E-state index < -0.39 is 0 Å². The molecule has 1 heterocycles. The Labute approximate surface area is 99.1 Å². The second-order valence-electron chi connectivity index (χ2n) is 4.77. The molecule has 3 nitrogen and oxygen atoms in total. The number of benzene rings is 1. The summed E-state index contributed by atoms with van der Waals surface area (Å²) in [7, 11) is 0. The number of rotatable bonds is 0. The number of aromatic amines is 1. The van der Waals surface area contributed by atoms with Gasteiger partial charge in [0.25, 0.3) is 0 Å². The third-order valence-corrected chi connectivity index (χ3v) is 2.89. The minimum Gasteiger partial charge on any atom is -0.345 e. The van der Waals surface area contributed by atoms with Gasteiger partial charge in [-0.1, -0.05) is 32.4 Å². The van der Waals surface area contributed by atoms with E-state index in [1.165, 1.54) is 0 Å². The third kappa shape index (κ3) is 1.56. The van der Waals surface area contributed by atoms with Gasteiger partial charge in [-0.25, -0.2) is 4.98 Å². The molecule has 1 N–H and O–H groups in total. The van der Waals surface area contributed by atoms with Crippen LogP contribution in [0.25, 0.3) is 11.0 Å². The van der Waals surface area contributed by atoms with Gasteiger partial charge in [0.05, 0.1) is 28.5 Å². The molecule has 1 aromatic heterocycles. The van der Waals surface area contributed by atoms with Crippen LogP contribution in [0.2, 0.25) is 5.02 Å². The molecule has 0 radical (unpaired) electrons. The molecule has 0 aliphatic carbocycles. The average molecular weight is 234 g/mol. The van der Waals surface area contributed by atoms with Crippen LogP contribution in [0.1, 0.15) is 31.9 Å². The fourth-order valence-electron chi connectivity index (χ4n) is 1.86. The topological polar surface area (TPSA) is 52.5 Å². The molecule has 0 atom stereocenters. The number of nitriles is 1. The Bertz CT molecular complexity index is 585. The molecule has 2 rings (SSSR count). The number of halogens is 1. The summed E-state index contributed by atoms with van der Waals surface area (Å²) in [6.07, 6.45) is 1.59. The predicted molar refractivity (Wildman–Crippen MR) is 64.5 cm³/mol. The minimum absolute atomic E-state index is 0.171. The number of aromatic nitrogens is 2. The van der Waals surface area contributed by atoms with Gasteiger partial charge in [0, 0.05) is 0 Å². The summed E-state index contributed by atoms with van der Waals surface area (Å²) in [6, 6.07) is 3.99. The van der Waals surface area contributed by atoms with Crippen LogP contribution < -0.4 is 0 Å². The second-order valence-corrected chi connectivity index (χ2v) is 5.15. The van der Waals surface area contributed by atoms with Crippen molar-refractivity contribution < 1.29 is 0 Å². The van der Waals surface area contributed by atoms with Crippen molar-refractivity contribution in [1.29, 1.82) is 5.26 Å². The molecule has 0 fully saturated rings. The molecular formula is C12H12ClN3. The van der Waals surface area contributed by atoms with Gasteiger partial charge in [-0.3, -0.25) is 0 Å². The van der Waals surface area contributed by atoms with Crippen LogP contribution in [0, 0.1) is 11.3 Å². The fourth-order valence-corrected chi connectivity index (χ4v) is 2.40. The van der Waals surface area contributed by atoms with Crippen molar-refractivity contribution in [3.63, 3.8) is 0 Å². The van der Waals surface area contributed by atoms with Gasteiger partial charge >= 0.3 is 0 Å². The minimum atomic E-state index is -0.171. The summed E-state index contributed by atoms with van der Waals surface area (Å²) < 4.78 is 0. The van der Waals surface area contributed by atoms with Crippen molar-refractivity contribution in [3.05, 3.63) is 28.5 Å². The second kappa shape index (κ2) is 3.50. The Morgan fingerprint density at radius 1 is 1.44 bits per heavy atom. The van der Waals surface area contributed by atoms with E-state index in [1.807, 2.05) is 20.8 Å². The molecule has 0 saturated carbocycles. The first kappa shape index (κ1) is 11.0. The molecule has 0 amide bonds. The highest BCUT2D eigenvalue weighted by Crippen LogP contribution is 2.36. The van der Waals surface area contributed by atoms with Crippen molar-refractivity contribution >= 4 is 22.6 Å². The molecular weight excluding hydrogens is 222 g/mol. The number of nitrogens with zero attached hydrogens (tertiary/aromatic N) is 2. The van der Waals surface area contributed by atoms with E-state index in [-0.39, 0.29) is 5.41 Å². The van der Waals surface area contributed by atoms with E-state index >= 15 is 0 Å². The molecule has 0 spiro atoms. The molecule has 0 unspecified atom stereocenters. The number of hydrogen-bond donors (Lipinski definition) is 1. The van der Waals surface area contributed by atoms with Crippen molar-refractivity contribution in [2.75, 3.05) is 0 Å². The largest absolute Gasteiger partial charge is 0.345 e. The fraction of sp³-hybridized carbons (Fsp3) is 0.333. The van der Waals surface area contributed by atoms with Gasteiger partial charge in [-0.2, -0.15) is 5.26 Å². The zero-order chi connectivity index (χ0) is 11.9. The molecule has 1 aromatic carbocycles. The Balaban J connectivity index is 2.90. The lowest BCUT2D eigenvalue weighted by atomic mass is 9.83. The molecule has 82 valence electrons. The maximum atomic E-state index is 9.16. The number of hydrogen-bond acceptors (Lipinski definition) is 2. The van der Waals surface area contributed by atoms with Crippen LogP contribution in [0.4, 0.5) is 0 Å². The smallest absolute Gasteiger partial charge is 0.107 e. The molecule has 4 heteroatoms. The molecule has 0 aliphatic heterocycles. The highest BCUT2D eigenvalue weighted by Gasteiger charge is 2.24. The normalized spacial score (nSPS) is 11.7. The average Bonchev–Trinajstić information content (AvgIpc) is 2.63. The Kier molecular flexibility index (Phi) is 2.40. The lowest BCUT2D eigenvalue weighted by molar-refractivity contribution is 0.589. The number of H-pyrrole nitrogens is 1. The van der Waals surface area contributed by atoms with Gasteiger partial charge in [0.1, 0.15) is 5.52 Å². The lowest BCUT2D eigenvalue weighted by Gasteiger charge is -2.22. The lowest BCUT2D eigenvalue weighted by Crippen LogP contribution is -2.14. The SMILES string of the molecule is CC(C)(C)c1c(C#N)cc2[nH]cnc2c1Cl. The first-order chi connectivity index (χ1) is 7.45. The van der Waals surface area contributed by atoms with Crippen molar-refractivity contribution in [3.8, 4) is 6.07 Å². The maximum absolute atomic E-state index is 9.16. The van der Waals surface area contributed by atoms with Gasteiger partial charge in [-0.15, -0.1) is 0 Å². The molecule has 16 heavy (non-hydrogen) atoms. The molecule has 0 bridgehead atoms. The zero-order valence-corrected chi connectivity index (χ0v) is 10.2. The Morgan fingerprint density at radius 2 is 2.12 bits per heavy atom. The van der Waals surface area contributed by atoms with Crippen LogP contribution in [-0.4, -0.2) is 9.97 Å². The van der Waals surface area contributed by atoms with E-state index in [1.54, 1.807) is 12.4 Å². The number of imidazole rings is 1. The highest BCUT2D eigenvalue weighted by atomic mass is 35.5. The standard InChI is InChI=1S/C12H12ClN3/c1-12(2,3)9-7(5-14)4-8-11(10(9)13)16-6-15-8/h4,6H,1-3H3,(H,15,16). The van der Waals surface area contributed by atoms with E-state index in [9.17, 15) is 0 Å².